The van der Waals surface area contributed by atoms with Crippen LogP contribution >= 0.6 is 0 Å². The number of hydrogen-bond donors (Lipinski definition) is 2. The van der Waals surface area contributed by atoms with E-state index in [1.165, 1.54) is 37.7 Å². The minimum absolute atomic E-state index is 0.667. The van der Waals surface area contributed by atoms with Crippen molar-refractivity contribution in [2.45, 2.75) is 51.6 Å². The quantitative estimate of drug-likeness (QED) is 0.778. The summed E-state index contributed by atoms with van der Waals surface area (Å²) in [7, 11) is 0. The van der Waals surface area contributed by atoms with Gasteiger partial charge in [0.1, 0.15) is 0 Å². The van der Waals surface area contributed by atoms with E-state index in [9.17, 15) is 0 Å². The van der Waals surface area contributed by atoms with E-state index < -0.39 is 0 Å². The summed E-state index contributed by atoms with van der Waals surface area (Å²) in [5.74, 6) is 0.901. The van der Waals surface area contributed by atoms with Crippen molar-refractivity contribution >= 4 is 0 Å². The minimum atomic E-state index is 0.667. The molecule has 0 amide bonds. The first-order chi connectivity index (χ1) is 7.36. The van der Waals surface area contributed by atoms with Gasteiger partial charge < -0.3 is 10.3 Å². The zero-order valence-corrected chi connectivity index (χ0v) is 9.63. The molecule has 0 aliphatic heterocycles. The van der Waals surface area contributed by atoms with Crippen LogP contribution in [0.5, 0.6) is 0 Å². The number of H-pyrrole nitrogens is 1. The molecule has 84 valence electrons. The Morgan fingerprint density at radius 2 is 2.20 bits per heavy atom. The van der Waals surface area contributed by atoms with E-state index in [2.05, 4.69) is 29.5 Å². The Labute approximate surface area is 92.5 Å². The molecule has 0 radical (unpaired) electrons. The first-order valence-electron chi connectivity index (χ1n) is 6.21. The lowest BCUT2D eigenvalue weighted by molar-refractivity contribution is 0.280. The molecule has 0 spiro atoms. The van der Waals surface area contributed by atoms with Crippen molar-refractivity contribution in [2.75, 3.05) is 0 Å². The van der Waals surface area contributed by atoms with Crippen LogP contribution in [0.3, 0.4) is 0 Å². The second kappa shape index (κ2) is 5.36. The summed E-state index contributed by atoms with van der Waals surface area (Å²) in [4.78, 5) is 3.09. The summed E-state index contributed by atoms with van der Waals surface area (Å²) in [6, 6.07) is 2.81. The third-order valence-corrected chi connectivity index (χ3v) is 3.65. The number of nitrogens with one attached hydrogen (secondary N) is 2. The van der Waals surface area contributed by atoms with Crippen molar-refractivity contribution in [2.24, 2.45) is 5.92 Å². The standard InChI is InChI=1S/C13H22N2/c1-11(13-5-3-2-4-6-13)15-10-12-7-8-14-9-12/h7-9,11,13-15H,2-6,10H2,1H3. The zero-order valence-electron chi connectivity index (χ0n) is 9.63. The van der Waals surface area contributed by atoms with Gasteiger partial charge in [-0.15, -0.1) is 0 Å². The van der Waals surface area contributed by atoms with Gasteiger partial charge >= 0.3 is 0 Å². The third kappa shape index (κ3) is 3.10. The van der Waals surface area contributed by atoms with Gasteiger partial charge in [0, 0.05) is 25.0 Å². The van der Waals surface area contributed by atoms with Gasteiger partial charge in [-0.05, 0) is 37.3 Å². The molecule has 1 unspecified atom stereocenters. The van der Waals surface area contributed by atoms with Gasteiger partial charge in [0.25, 0.3) is 0 Å². The van der Waals surface area contributed by atoms with Crippen LogP contribution in [0.2, 0.25) is 0 Å². The molecule has 1 fully saturated rings. The molecule has 2 heteroatoms. The summed E-state index contributed by atoms with van der Waals surface area (Å²) in [5.41, 5.74) is 1.36. The van der Waals surface area contributed by atoms with Crippen molar-refractivity contribution in [1.29, 1.82) is 0 Å². The summed E-state index contributed by atoms with van der Waals surface area (Å²) in [5, 5.41) is 3.63. The summed E-state index contributed by atoms with van der Waals surface area (Å²) in [6.45, 7) is 3.34. The van der Waals surface area contributed by atoms with Crippen molar-refractivity contribution in [1.82, 2.24) is 10.3 Å². The van der Waals surface area contributed by atoms with Gasteiger partial charge in [-0.3, -0.25) is 0 Å². The number of aromatic nitrogens is 1. The fraction of sp³-hybridized carbons (Fsp3) is 0.692. The van der Waals surface area contributed by atoms with Crippen LogP contribution in [0.1, 0.15) is 44.6 Å². The summed E-state index contributed by atoms with van der Waals surface area (Å²) < 4.78 is 0. The molecule has 1 heterocycles. The normalized spacial score (nSPS) is 20.3. The molecule has 1 saturated carbocycles. The van der Waals surface area contributed by atoms with Crippen molar-refractivity contribution in [3.8, 4) is 0 Å². The van der Waals surface area contributed by atoms with Crippen molar-refractivity contribution in [3.63, 3.8) is 0 Å². The first kappa shape index (κ1) is 10.7. The summed E-state index contributed by atoms with van der Waals surface area (Å²) in [6.07, 6.45) is 11.2. The SMILES string of the molecule is CC(NCc1cc[nH]c1)C1CCCCC1. The molecule has 0 bridgehead atoms. The number of rotatable bonds is 4. The van der Waals surface area contributed by atoms with Crippen LogP contribution in [0, 0.1) is 5.92 Å². The maximum atomic E-state index is 3.63. The van der Waals surface area contributed by atoms with Gasteiger partial charge in [0.2, 0.25) is 0 Å². The molecule has 1 aliphatic rings. The van der Waals surface area contributed by atoms with Gasteiger partial charge in [-0.1, -0.05) is 19.3 Å². The molecule has 1 atom stereocenters. The van der Waals surface area contributed by atoms with Crippen molar-refractivity contribution in [3.05, 3.63) is 24.0 Å². The van der Waals surface area contributed by atoms with Gasteiger partial charge in [0.05, 0.1) is 0 Å². The van der Waals surface area contributed by atoms with Crippen LogP contribution in [-0.2, 0) is 6.54 Å². The predicted octanol–water partition coefficient (Wildman–Crippen LogP) is 3.07. The second-order valence-electron chi connectivity index (χ2n) is 4.79. The lowest BCUT2D eigenvalue weighted by Crippen LogP contribution is -2.34. The highest BCUT2D eigenvalue weighted by molar-refractivity contribution is 5.07. The topological polar surface area (TPSA) is 27.8 Å². The second-order valence-corrected chi connectivity index (χ2v) is 4.79. The monoisotopic (exact) mass is 206 g/mol. The molecule has 2 nitrogen and oxygen atoms in total. The van der Waals surface area contributed by atoms with Crippen LogP contribution in [-0.4, -0.2) is 11.0 Å². The molecule has 1 aromatic heterocycles. The van der Waals surface area contributed by atoms with E-state index in [0.717, 1.165) is 12.5 Å². The maximum absolute atomic E-state index is 3.63. The summed E-state index contributed by atoms with van der Waals surface area (Å²) >= 11 is 0. The Bertz CT molecular complexity index is 260. The Kier molecular flexibility index (Phi) is 3.84. The Balaban J connectivity index is 1.74. The van der Waals surface area contributed by atoms with E-state index in [1.54, 1.807) is 0 Å². The smallest absolute Gasteiger partial charge is 0.0223 e. The average Bonchev–Trinajstić information content (AvgIpc) is 2.80. The molecular formula is C13H22N2. The first-order valence-corrected chi connectivity index (χ1v) is 6.21. The van der Waals surface area contributed by atoms with Crippen LogP contribution in [0.25, 0.3) is 0 Å². The fourth-order valence-corrected chi connectivity index (χ4v) is 2.55. The molecule has 1 aromatic rings. The van der Waals surface area contributed by atoms with Gasteiger partial charge in [0.15, 0.2) is 0 Å². The van der Waals surface area contributed by atoms with E-state index >= 15 is 0 Å². The van der Waals surface area contributed by atoms with E-state index in [4.69, 9.17) is 0 Å². The van der Waals surface area contributed by atoms with Crippen LogP contribution in [0.15, 0.2) is 18.5 Å². The van der Waals surface area contributed by atoms with Gasteiger partial charge in [-0.25, -0.2) is 0 Å². The van der Waals surface area contributed by atoms with Crippen LogP contribution < -0.4 is 5.32 Å². The molecule has 2 rings (SSSR count). The molecule has 2 N–H and O–H groups in total. The predicted molar refractivity (Wildman–Crippen MR) is 63.7 cm³/mol. The van der Waals surface area contributed by atoms with Crippen LogP contribution in [0.4, 0.5) is 0 Å². The minimum Gasteiger partial charge on any atom is -0.367 e. The Morgan fingerprint density at radius 1 is 1.40 bits per heavy atom. The van der Waals surface area contributed by atoms with E-state index in [-0.39, 0.29) is 0 Å². The highest BCUT2D eigenvalue weighted by Gasteiger charge is 2.19. The largest absolute Gasteiger partial charge is 0.367 e. The van der Waals surface area contributed by atoms with E-state index in [0.29, 0.717) is 6.04 Å². The molecule has 0 saturated heterocycles. The van der Waals surface area contributed by atoms with E-state index in [1.807, 2.05) is 6.20 Å². The Morgan fingerprint density at radius 3 is 2.87 bits per heavy atom. The Hall–Kier alpha value is -0.760. The van der Waals surface area contributed by atoms with Gasteiger partial charge in [-0.2, -0.15) is 0 Å². The lowest BCUT2D eigenvalue weighted by Gasteiger charge is -2.28. The lowest BCUT2D eigenvalue weighted by atomic mass is 9.84. The number of aromatic amines is 1. The third-order valence-electron chi connectivity index (χ3n) is 3.65. The molecule has 15 heavy (non-hydrogen) atoms. The molecule has 0 aromatic carbocycles. The van der Waals surface area contributed by atoms with Crippen molar-refractivity contribution < 1.29 is 0 Å². The maximum Gasteiger partial charge on any atom is 0.0223 e. The molecular weight excluding hydrogens is 184 g/mol. The highest BCUT2D eigenvalue weighted by Crippen LogP contribution is 2.26. The average molecular weight is 206 g/mol. The highest BCUT2D eigenvalue weighted by atomic mass is 14.9. The number of hydrogen-bond acceptors (Lipinski definition) is 1. The zero-order chi connectivity index (χ0) is 10.5. The molecule has 1 aliphatic carbocycles. The fourth-order valence-electron chi connectivity index (χ4n) is 2.55.